The smallest absolute Gasteiger partial charge is 0.306 e. The summed E-state index contributed by atoms with van der Waals surface area (Å²) in [6, 6.07) is 5.37. The second-order valence-electron chi connectivity index (χ2n) is 4.22. The molecule has 1 aromatic rings. The second kappa shape index (κ2) is 4.64. The number of halogens is 2. The van der Waals surface area contributed by atoms with E-state index in [4.69, 9.17) is 28.3 Å². The van der Waals surface area contributed by atoms with Crippen LogP contribution >= 0.6 is 23.2 Å². The lowest BCUT2D eigenvalue weighted by molar-refractivity contribution is -0.147. The molecule has 1 aliphatic rings. The van der Waals surface area contributed by atoms with Gasteiger partial charge in [-0.3, -0.25) is 4.79 Å². The van der Waals surface area contributed by atoms with E-state index < -0.39 is 5.97 Å². The van der Waals surface area contributed by atoms with Crippen molar-refractivity contribution in [1.29, 1.82) is 0 Å². The van der Waals surface area contributed by atoms with Crippen LogP contribution in [0.3, 0.4) is 0 Å². The lowest BCUT2D eigenvalue weighted by Gasteiger charge is -2.33. The van der Waals surface area contributed by atoms with Gasteiger partial charge in [0.05, 0.1) is 5.92 Å². The van der Waals surface area contributed by atoms with E-state index in [1.54, 1.807) is 12.1 Å². The van der Waals surface area contributed by atoms with Gasteiger partial charge in [0.25, 0.3) is 0 Å². The maximum Gasteiger partial charge on any atom is 0.306 e. The van der Waals surface area contributed by atoms with Crippen molar-refractivity contribution in [3.8, 4) is 0 Å². The van der Waals surface area contributed by atoms with E-state index in [1.165, 1.54) is 0 Å². The fraction of sp³-hybridized carbons (Fsp3) is 0.417. The van der Waals surface area contributed by atoms with E-state index in [9.17, 15) is 4.79 Å². The molecule has 1 saturated carbocycles. The molecule has 1 fully saturated rings. The van der Waals surface area contributed by atoms with Gasteiger partial charge < -0.3 is 5.11 Å². The van der Waals surface area contributed by atoms with Crippen molar-refractivity contribution in [3.05, 3.63) is 33.8 Å². The molecule has 2 unspecified atom stereocenters. The van der Waals surface area contributed by atoms with Crippen LogP contribution in [-0.2, 0) is 11.2 Å². The Bertz CT molecular complexity index is 417. The van der Waals surface area contributed by atoms with E-state index >= 15 is 0 Å². The quantitative estimate of drug-likeness (QED) is 0.899. The second-order valence-corrected chi connectivity index (χ2v) is 5.07. The van der Waals surface area contributed by atoms with E-state index in [0.717, 1.165) is 24.8 Å². The standard InChI is InChI=1S/C12H12Cl2O2/c13-9-3-1-8(11(14)6-9)5-7-2-4-10(7)12(15)16/h1,3,6-7,10H,2,4-5H2,(H,15,16). The van der Waals surface area contributed by atoms with Crippen LogP contribution in [0, 0.1) is 11.8 Å². The molecule has 1 aliphatic carbocycles. The molecule has 0 bridgehead atoms. The summed E-state index contributed by atoms with van der Waals surface area (Å²) in [7, 11) is 0. The van der Waals surface area contributed by atoms with Crippen LogP contribution in [0.15, 0.2) is 18.2 Å². The van der Waals surface area contributed by atoms with Gasteiger partial charge in [-0.15, -0.1) is 0 Å². The van der Waals surface area contributed by atoms with Crippen LogP contribution in [0.25, 0.3) is 0 Å². The minimum atomic E-state index is -0.693. The highest BCUT2D eigenvalue weighted by Crippen LogP contribution is 2.38. The van der Waals surface area contributed by atoms with Gasteiger partial charge in [0.15, 0.2) is 0 Å². The number of aliphatic carboxylic acids is 1. The summed E-state index contributed by atoms with van der Waals surface area (Å²) >= 11 is 11.9. The summed E-state index contributed by atoms with van der Waals surface area (Å²) < 4.78 is 0. The summed E-state index contributed by atoms with van der Waals surface area (Å²) in [4.78, 5) is 10.9. The third-order valence-corrected chi connectivity index (χ3v) is 3.82. The van der Waals surface area contributed by atoms with Crippen LogP contribution < -0.4 is 0 Å². The summed E-state index contributed by atoms with van der Waals surface area (Å²) in [5.41, 5.74) is 0.988. The Balaban J connectivity index is 2.07. The number of carboxylic acids is 1. The molecule has 1 N–H and O–H groups in total. The van der Waals surface area contributed by atoms with Gasteiger partial charge in [-0.2, -0.15) is 0 Å². The summed E-state index contributed by atoms with van der Waals surface area (Å²) in [6.07, 6.45) is 2.48. The minimum absolute atomic E-state index is 0.202. The fourth-order valence-corrected chi connectivity index (χ4v) is 2.59. The van der Waals surface area contributed by atoms with Gasteiger partial charge in [-0.25, -0.2) is 0 Å². The molecule has 0 saturated heterocycles. The zero-order valence-corrected chi connectivity index (χ0v) is 10.1. The Morgan fingerprint density at radius 3 is 2.62 bits per heavy atom. The number of hydrogen-bond donors (Lipinski definition) is 1. The molecule has 2 rings (SSSR count). The third kappa shape index (κ3) is 2.33. The molecule has 0 aromatic heterocycles. The van der Waals surface area contributed by atoms with Crippen LogP contribution in [-0.4, -0.2) is 11.1 Å². The van der Waals surface area contributed by atoms with Gasteiger partial charge in [0.1, 0.15) is 0 Å². The molecule has 0 aliphatic heterocycles. The molecule has 0 heterocycles. The van der Waals surface area contributed by atoms with Crippen molar-refractivity contribution < 1.29 is 9.90 Å². The van der Waals surface area contributed by atoms with Crippen molar-refractivity contribution >= 4 is 29.2 Å². The Morgan fingerprint density at radius 2 is 2.12 bits per heavy atom. The summed E-state index contributed by atoms with van der Waals surface area (Å²) in [5.74, 6) is -0.677. The number of rotatable bonds is 3. The number of carboxylic acid groups (broad SMARTS) is 1. The molecular weight excluding hydrogens is 247 g/mol. The van der Waals surface area contributed by atoms with Gasteiger partial charge >= 0.3 is 5.97 Å². The normalized spacial score (nSPS) is 23.9. The predicted octanol–water partition coefficient (Wildman–Crippen LogP) is 3.65. The average Bonchev–Trinajstić information content (AvgIpc) is 2.13. The minimum Gasteiger partial charge on any atom is -0.481 e. The first-order chi connectivity index (χ1) is 7.58. The molecular formula is C12H12Cl2O2. The van der Waals surface area contributed by atoms with Crippen LogP contribution in [0.2, 0.25) is 10.0 Å². The number of hydrogen-bond acceptors (Lipinski definition) is 1. The van der Waals surface area contributed by atoms with E-state index in [-0.39, 0.29) is 11.8 Å². The molecule has 4 heteroatoms. The Hall–Kier alpha value is -0.730. The van der Waals surface area contributed by atoms with Crippen molar-refractivity contribution in [1.82, 2.24) is 0 Å². The van der Waals surface area contributed by atoms with Crippen LogP contribution in [0.1, 0.15) is 18.4 Å². The highest BCUT2D eigenvalue weighted by Gasteiger charge is 2.36. The molecule has 2 atom stereocenters. The molecule has 0 amide bonds. The lowest BCUT2D eigenvalue weighted by atomic mass is 9.71. The van der Waals surface area contributed by atoms with E-state index in [1.807, 2.05) is 6.07 Å². The average molecular weight is 259 g/mol. The van der Waals surface area contributed by atoms with Gasteiger partial charge in [0, 0.05) is 10.0 Å². The first-order valence-corrected chi connectivity index (χ1v) is 6.00. The zero-order chi connectivity index (χ0) is 11.7. The van der Waals surface area contributed by atoms with Gasteiger partial charge in [0.2, 0.25) is 0 Å². The molecule has 2 nitrogen and oxygen atoms in total. The maximum absolute atomic E-state index is 10.9. The maximum atomic E-state index is 10.9. The molecule has 0 spiro atoms. The SMILES string of the molecule is O=C(O)C1CCC1Cc1ccc(Cl)cc1Cl. The molecule has 1 aromatic carbocycles. The lowest BCUT2D eigenvalue weighted by Crippen LogP contribution is -2.34. The number of carbonyl (C=O) groups is 1. The Labute approximate surface area is 104 Å². The largest absolute Gasteiger partial charge is 0.481 e. The van der Waals surface area contributed by atoms with Crippen molar-refractivity contribution in [2.24, 2.45) is 11.8 Å². The van der Waals surface area contributed by atoms with Crippen LogP contribution in [0.5, 0.6) is 0 Å². The fourth-order valence-electron chi connectivity index (χ4n) is 2.11. The Morgan fingerprint density at radius 1 is 1.38 bits per heavy atom. The molecule has 0 radical (unpaired) electrons. The van der Waals surface area contributed by atoms with E-state index in [2.05, 4.69) is 0 Å². The molecule has 86 valence electrons. The topological polar surface area (TPSA) is 37.3 Å². The van der Waals surface area contributed by atoms with Crippen molar-refractivity contribution in [3.63, 3.8) is 0 Å². The predicted molar refractivity (Wildman–Crippen MR) is 64.0 cm³/mol. The number of benzene rings is 1. The van der Waals surface area contributed by atoms with E-state index in [0.29, 0.717) is 10.0 Å². The van der Waals surface area contributed by atoms with Crippen molar-refractivity contribution in [2.75, 3.05) is 0 Å². The Kier molecular flexibility index (Phi) is 3.41. The van der Waals surface area contributed by atoms with Crippen molar-refractivity contribution in [2.45, 2.75) is 19.3 Å². The first kappa shape index (κ1) is 11.7. The monoisotopic (exact) mass is 258 g/mol. The highest BCUT2D eigenvalue weighted by molar-refractivity contribution is 6.35. The summed E-state index contributed by atoms with van der Waals surface area (Å²) in [6.45, 7) is 0. The van der Waals surface area contributed by atoms with Crippen LogP contribution in [0.4, 0.5) is 0 Å². The van der Waals surface area contributed by atoms with Gasteiger partial charge in [-0.1, -0.05) is 29.3 Å². The first-order valence-electron chi connectivity index (χ1n) is 5.24. The molecule has 16 heavy (non-hydrogen) atoms. The highest BCUT2D eigenvalue weighted by atomic mass is 35.5. The summed E-state index contributed by atoms with van der Waals surface area (Å²) in [5, 5.41) is 10.2. The third-order valence-electron chi connectivity index (χ3n) is 3.23. The zero-order valence-electron chi connectivity index (χ0n) is 8.62. The van der Waals surface area contributed by atoms with Gasteiger partial charge in [-0.05, 0) is 42.9 Å².